The number of rotatable bonds is 12. The summed E-state index contributed by atoms with van der Waals surface area (Å²) in [5.41, 5.74) is 0. The lowest BCUT2D eigenvalue weighted by molar-refractivity contribution is -0.137. The molecular weight excluding hydrogens is 455 g/mol. The molecule has 168 valence electrons. The highest BCUT2D eigenvalue weighted by molar-refractivity contribution is 6.40. The molecule has 10 heteroatoms. The summed E-state index contributed by atoms with van der Waals surface area (Å²) in [7, 11) is 0. The van der Waals surface area contributed by atoms with Gasteiger partial charge in [-0.3, -0.25) is 10.0 Å². The van der Waals surface area contributed by atoms with Crippen LogP contribution >= 0.6 is 34.8 Å². The van der Waals surface area contributed by atoms with Crippen molar-refractivity contribution in [2.24, 2.45) is 0 Å². The van der Waals surface area contributed by atoms with Gasteiger partial charge < -0.3 is 15.2 Å². The van der Waals surface area contributed by atoms with Gasteiger partial charge in [0.25, 0.3) is 0 Å². The van der Waals surface area contributed by atoms with Gasteiger partial charge in [0, 0.05) is 11.4 Å². The van der Waals surface area contributed by atoms with Crippen molar-refractivity contribution < 1.29 is 24.6 Å². The van der Waals surface area contributed by atoms with Crippen LogP contribution in [-0.4, -0.2) is 45.6 Å². The molecule has 1 aliphatic rings. The van der Waals surface area contributed by atoms with Crippen LogP contribution in [0.15, 0.2) is 12.1 Å². The predicted molar refractivity (Wildman–Crippen MR) is 116 cm³/mol. The molecule has 1 aliphatic heterocycles. The number of aliphatic carboxylic acids is 1. The summed E-state index contributed by atoms with van der Waals surface area (Å²) < 4.78 is 6.09. The van der Waals surface area contributed by atoms with Crippen LogP contribution in [-0.2, 0) is 4.79 Å². The van der Waals surface area contributed by atoms with Gasteiger partial charge in [-0.1, -0.05) is 67.4 Å². The topological polar surface area (TPSA) is 99.1 Å². The van der Waals surface area contributed by atoms with Crippen molar-refractivity contribution in [2.45, 2.75) is 76.5 Å². The maximum atomic E-state index is 12.1. The lowest BCUT2D eigenvalue weighted by Crippen LogP contribution is -2.47. The van der Waals surface area contributed by atoms with Crippen LogP contribution in [0.1, 0.15) is 58.3 Å². The highest BCUT2D eigenvalue weighted by Gasteiger charge is 2.44. The monoisotopic (exact) mass is 480 g/mol. The standard InChI is InChI=1S/C20H27Cl3N2O5/c1-2-7-16(30-19-13(22)10-12(21)11-14(19)23)18-15(24-20(28)25(18)29)8-5-3-4-6-9-17(26)27/h10-11,15-16,18,29H,2-9H2,1H3,(H,24,28)(H,26,27). The van der Waals surface area contributed by atoms with Gasteiger partial charge in [-0.2, -0.15) is 5.06 Å². The molecule has 0 spiro atoms. The molecule has 2 rings (SSSR count). The third kappa shape index (κ3) is 6.80. The van der Waals surface area contributed by atoms with Crippen LogP contribution < -0.4 is 10.1 Å². The van der Waals surface area contributed by atoms with E-state index in [1.807, 2.05) is 6.92 Å². The first-order chi connectivity index (χ1) is 14.2. The largest absolute Gasteiger partial charge is 0.485 e. The molecule has 1 aromatic carbocycles. The highest BCUT2D eigenvalue weighted by Crippen LogP contribution is 2.38. The number of carboxylic acid groups (broad SMARTS) is 1. The fraction of sp³-hybridized carbons (Fsp3) is 0.600. The van der Waals surface area contributed by atoms with Crippen LogP contribution in [0.3, 0.4) is 0 Å². The van der Waals surface area contributed by atoms with Gasteiger partial charge in [0.2, 0.25) is 0 Å². The summed E-state index contributed by atoms with van der Waals surface area (Å²) in [5, 5.41) is 23.5. The minimum Gasteiger partial charge on any atom is -0.485 e. The number of urea groups is 1. The molecule has 1 saturated heterocycles. The number of nitrogens with one attached hydrogen (secondary N) is 1. The van der Waals surface area contributed by atoms with Gasteiger partial charge in [0.1, 0.15) is 12.1 Å². The molecule has 3 unspecified atom stereocenters. The lowest BCUT2D eigenvalue weighted by atomic mass is 9.95. The zero-order valence-corrected chi connectivity index (χ0v) is 19.0. The molecule has 0 saturated carbocycles. The second-order valence-electron chi connectivity index (χ2n) is 7.38. The lowest BCUT2D eigenvalue weighted by Gasteiger charge is -2.31. The average molecular weight is 482 g/mol. The molecule has 1 aromatic rings. The van der Waals surface area contributed by atoms with E-state index in [0.717, 1.165) is 25.7 Å². The van der Waals surface area contributed by atoms with Crippen molar-refractivity contribution in [2.75, 3.05) is 0 Å². The number of carbonyl (C=O) groups excluding carboxylic acids is 1. The minimum absolute atomic E-state index is 0.155. The van der Waals surface area contributed by atoms with Gasteiger partial charge in [0.15, 0.2) is 5.75 Å². The molecule has 0 bridgehead atoms. The normalized spacial score (nSPS) is 19.6. The number of halogens is 3. The van der Waals surface area contributed by atoms with Crippen LogP contribution in [0.4, 0.5) is 4.79 Å². The van der Waals surface area contributed by atoms with Crippen molar-refractivity contribution in [3.63, 3.8) is 0 Å². The number of amides is 2. The zero-order chi connectivity index (χ0) is 22.3. The molecule has 7 nitrogen and oxygen atoms in total. The molecule has 1 fully saturated rings. The van der Waals surface area contributed by atoms with E-state index in [1.165, 1.54) is 12.1 Å². The number of hydrogen-bond acceptors (Lipinski definition) is 4. The molecular formula is C20H27Cl3N2O5. The van der Waals surface area contributed by atoms with Crippen LogP contribution in [0.2, 0.25) is 15.1 Å². The fourth-order valence-corrected chi connectivity index (χ4v) is 4.55. The van der Waals surface area contributed by atoms with Crippen molar-refractivity contribution in [3.8, 4) is 5.75 Å². The highest BCUT2D eigenvalue weighted by atomic mass is 35.5. The van der Waals surface area contributed by atoms with Crippen LogP contribution in [0, 0.1) is 0 Å². The quantitative estimate of drug-likeness (QED) is 0.260. The van der Waals surface area contributed by atoms with E-state index in [9.17, 15) is 14.8 Å². The molecule has 3 atom stereocenters. The Morgan fingerprint density at radius 1 is 1.20 bits per heavy atom. The van der Waals surface area contributed by atoms with Crippen molar-refractivity contribution in [1.82, 2.24) is 10.4 Å². The molecule has 1 heterocycles. The summed E-state index contributed by atoms with van der Waals surface area (Å²) in [6.45, 7) is 1.98. The second-order valence-corrected chi connectivity index (χ2v) is 8.63. The molecule has 3 N–H and O–H groups in total. The maximum absolute atomic E-state index is 12.1. The van der Waals surface area contributed by atoms with Gasteiger partial charge in [-0.25, -0.2) is 4.79 Å². The van der Waals surface area contributed by atoms with E-state index in [1.54, 1.807) is 0 Å². The van der Waals surface area contributed by atoms with E-state index >= 15 is 0 Å². The Labute approximate surface area is 191 Å². The average Bonchev–Trinajstić information content (AvgIpc) is 2.94. The third-order valence-electron chi connectivity index (χ3n) is 5.05. The first-order valence-corrected chi connectivity index (χ1v) is 11.2. The first-order valence-electron chi connectivity index (χ1n) is 10.1. The second kappa shape index (κ2) is 11.8. The number of unbranched alkanes of at least 4 members (excludes halogenated alkanes) is 3. The summed E-state index contributed by atoms with van der Waals surface area (Å²) in [6, 6.07) is 1.55. The summed E-state index contributed by atoms with van der Waals surface area (Å²) >= 11 is 18.5. The van der Waals surface area contributed by atoms with E-state index < -0.39 is 24.1 Å². The van der Waals surface area contributed by atoms with Gasteiger partial charge in [0.05, 0.1) is 16.1 Å². The Morgan fingerprint density at radius 3 is 2.43 bits per heavy atom. The van der Waals surface area contributed by atoms with E-state index in [-0.39, 0.29) is 28.3 Å². The number of hydrogen-bond donors (Lipinski definition) is 3. The maximum Gasteiger partial charge on any atom is 0.341 e. The van der Waals surface area contributed by atoms with Gasteiger partial charge >= 0.3 is 12.0 Å². The van der Waals surface area contributed by atoms with E-state index in [2.05, 4.69) is 5.32 Å². The fourth-order valence-electron chi connectivity index (χ4n) is 3.65. The summed E-state index contributed by atoms with van der Waals surface area (Å²) in [4.78, 5) is 22.7. The SMILES string of the molecule is CCCC(Oc1c(Cl)cc(Cl)cc1Cl)C1C(CCCCCCC(=O)O)NC(=O)N1O. The van der Waals surface area contributed by atoms with Crippen molar-refractivity contribution in [3.05, 3.63) is 27.2 Å². The first kappa shape index (κ1) is 24.9. The summed E-state index contributed by atoms with van der Waals surface area (Å²) in [5.74, 6) is -0.533. The summed E-state index contributed by atoms with van der Waals surface area (Å²) in [6.07, 6.45) is 4.63. The van der Waals surface area contributed by atoms with Crippen molar-refractivity contribution >= 4 is 46.8 Å². The number of carboxylic acids is 1. The Hall–Kier alpha value is -1.41. The number of ether oxygens (including phenoxy) is 1. The Morgan fingerprint density at radius 2 is 1.83 bits per heavy atom. The Balaban J connectivity index is 2.07. The molecule has 0 aliphatic carbocycles. The van der Waals surface area contributed by atoms with Gasteiger partial charge in [-0.15, -0.1) is 0 Å². The molecule has 2 amide bonds. The number of carbonyl (C=O) groups is 2. The van der Waals surface area contributed by atoms with Crippen molar-refractivity contribution in [1.29, 1.82) is 0 Å². The Bertz CT molecular complexity index is 726. The molecule has 0 radical (unpaired) electrons. The Kier molecular flexibility index (Phi) is 9.81. The van der Waals surface area contributed by atoms with Crippen LogP contribution in [0.5, 0.6) is 5.75 Å². The van der Waals surface area contributed by atoms with E-state index in [0.29, 0.717) is 29.3 Å². The predicted octanol–water partition coefficient (Wildman–Crippen LogP) is 5.77. The van der Waals surface area contributed by atoms with Gasteiger partial charge in [-0.05, 0) is 31.4 Å². The smallest absolute Gasteiger partial charge is 0.341 e. The number of nitrogens with zero attached hydrogens (tertiary/aromatic N) is 1. The molecule has 30 heavy (non-hydrogen) atoms. The molecule has 0 aromatic heterocycles. The number of benzene rings is 1. The zero-order valence-electron chi connectivity index (χ0n) is 16.7. The van der Waals surface area contributed by atoms with Crippen LogP contribution in [0.25, 0.3) is 0 Å². The third-order valence-corrected chi connectivity index (χ3v) is 5.83. The van der Waals surface area contributed by atoms with E-state index in [4.69, 9.17) is 44.6 Å². The number of hydroxylamine groups is 2. The minimum atomic E-state index is -0.798.